The maximum absolute atomic E-state index is 14.3. The van der Waals surface area contributed by atoms with Crippen LogP contribution in [0, 0.1) is 5.92 Å². The molecule has 3 saturated heterocycles. The number of hydrogen-bond acceptors (Lipinski definition) is 10. The second kappa shape index (κ2) is 13.6. The first kappa shape index (κ1) is 33.6. The van der Waals surface area contributed by atoms with E-state index in [0.717, 1.165) is 11.9 Å². The van der Waals surface area contributed by atoms with Crippen LogP contribution in [0.5, 0.6) is 0 Å². The molecule has 13 nitrogen and oxygen atoms in total. The molecular weight excluding hydrogens is 670 g/mol. The number of halogens is 1. The van der Waals surface area contributed by atoms with Crippen LogP contribution in [0.25, 0.3) is 10.8 Å². The minimum Gasteiger partial charge on any atom is -0.378 e. The first-order valence-corrected chi connectivity index (χ1v) is 19.0. The number of morpholine rings is 1. The molecule has 16 heteroatoms. The number of carbonyl (C=O) groups excluding carboxylic acids is 2. The summed E-state index contributed by atoms with van der Waals surface area (Å²) in [6.45, 7) is 2.24. The standard InChI is InChI=1S/C31H36ClN5O8S2/c1-46(40,41)45-31-30(39)36(20-22-8-12-34(13-9-22)26-6-10-33-11-7-26)28(29(38)35-14-16-44-17-15-35)21-37(31)47(42,43)27-5-3-23-18-25(32)4-2-24(23)19-27/h2-7,10-11,18-19,22,28,31H,8-9,12-17,20-21H2,1H3. The number of carbonyl (C=O) groups is 2. The predicted molar refractivity (Wildman–Crippen MR) is 175 cm³/mol. The highest BCUT2D eigenvalue weighted by Gasteiger charge is 2.51. The van der Waals surface area contributed by atoms with E-state index >= 15 is 0 Å². The Labute approximate surface area is 279 Å². The summed E-state index contributed by atoms with van der Waals surface area (Å²) in [5.74, 6) is -1.35. The number of piperazine rings is 1. The van der Waals surface area contributed by atoms with Gasteiger partial charge in [-0.3, -0.25) is 14.6 Å². The second-order valence-electron chi connectivity index (χ2n) is 12.0. The number of sulfonamides is 1. The molecule has 0 N–H and O–H groups in total. The Morgan fingerprint density at radius 3 is 2.30 bits per heavy atom. The lowest BCUT2D eigenvalue weighted by molar-refractivity contribution is -0.163. The third-order valence-electron chi connectivity index (χ3n) is 8.84. The topological polar surface area (TPSA) is 147 Å². The maximum Gasteiger partial charge on any atom is 0.270 e. The van der Waals surface area contributed by atoms with Gasteiger partial charge in [0.25, 0.3) is 16.0 Å². The van der Waals surface area contributed by atoms with Crippen molar-refractivity contribution in [2.45, 2.75) is 30.0 Å². The molecule has 0 bridgehead atoms. The van der Waals surface area contributed by atoms with Crippen LogP contribution in [0.3, 0.4) is 0 Å². The summed E-state index contributed by atoms with van der Waals surface area (Å²) in [7, 11) is -8.87. The number of aromatic nitrogens is 1. The minimum atomic E-state index is -4.55. The highest BCUT2D eigenvalue weighted by atomic mass is 35.5. The molecular formula is C31H36ClN5O8S2. The number of amides is 2. The highest BCUT2D eigenvalue weighted by molar-refractivity contribution is 7.89. The Kier molecular flexibility index (Phi) is 9.74. The number of hydrogen-bond donors (Lipinski definition) is 0. The Hall–Kier alpha value is -3.34. The van der Waals surface area contributed by atoms with Crippen LogP contribution >= 0.6 is 11.6 Å². The number of ether oxygens (including phenoxy) is 1. The summed E-state index contributed by atoms with van der Waals surface area (Å²) >= 11 is 6.10. The molecule has 1 aromatic heterocycles. The van der Waals surface area contributed by atoms with Crippen LogP contribution in [0.15, 0.2) is 65.8 Å². The highest BCUT2D eigenvalue weighted by Crippen LogP contribution is 2.32. The Bertz CT molecular complexity index is 1850. The van der Waals surface area contributed by atoms with Crippen molar-refractivity contribution in [3.05, 3.63) is 65.9 Å². The van der Waals surface area contributed by atoms with Gasteiger partial charge in [-0.2, -0.15) is 12.7 Å². The predicted octanol–water partition coefficient (Wildman–Crippen LogP) is 2.17. The summed E-state index contributed by atoms with van der Waals surface area (Å²) in [5.41, 5.74) is 1.03. The first-order chi connectivity index (χ1) is 22.4. The Morgan fingerprint density at radius 1 is 0.957 bits per heavy atom. The van der Waals surface area contributed by atoms with Gasteiger partial charge in [-0.15, -0.1) is 0 Å². The van der Waals surface area contributed by atoms with Crippen LogP contribution in [-0.2, 0) is 38.7 Å². The molecule has 2 atom stereocenters. The van der Waals surface area contributed by atoms with E-state index in [1.807, 2.05) is 12.1 Å². The fraction of sp³-hybridized carbons (Fsp3) is 0.452. The van der Waals surface area contributed by atoms with Gasteiger partial charge in [-0.1, -0.05) is 23.7 Å². The van der Waals surface area contributed by atoms with Crippen molar-refractivity contribution in [3.8, 4) is 0 Å². The van der Waals surface area contributed by atoms with Gasteiger partial charge in [0.2, 0.25) is 22.2 Å². The van der Waals surface area contributed by atoms with E-state index in [9.17, 15) is 26.4 Å². The molecule has 252 valence electrons. The molecule has 2 unspecified atom stereocenters. The lowest BCUT2D eigenvalue weighted by Gasteiger charge is -2.46. The normalized spacial score (nSPS) is 22.2. The van der Waals surface area contributed by atoms with Gasteiger partial charge >= 0.3 is 0 Å². The molecule has 3 fully saturated rings. The average Bonchev–Trinajstić information content (AvgIpc) is 3.06. The zero-order chi connectivity index (χ0) is 33.3. The van der Waals surface area contributed by atoms with Crippen LogP contribution in [-0.4, -0.2) is 119 Å². The number of fused-ring (bicyclic) bond motifs is 1. The zero-order valence-corrected chi connectivity index (χ0v) is 28.2. The SMILES string of the molecule is CS(=O)(=O)OC1C(=O)N(CC2CCN(c3ccncc3)CC2)C(C(=O)N2CCOCC2)CN1S(=O)(=O)c1ccc2cc(Cl)ccc2c1. The molecule has 3 aliphatic rings. The van der Waals surface area contributed by atoms with Crippen molar-refractivity contribution in [3.63, 3.8) is 0 Å². The zero-order valence-electron chi connectivity index (χ0n) is 25.8. The van der Waals surface area contributed by atoms with Crippen LogP contribution in [0.4, 0.5) is 5.69 Å². The van der Waals surface area contributed by atoms with E-state index in [-0.39, 0.29) is 30.4 Å². The number of benzene rings is 2. The number of nitrogens with zero attached hydrogens (tertiary/aromatic N) is 5. The quantitative estimate of drug-likeness (QED) is 0.320. The van der Waals surface area contributed by atoms with Gasteiger partial charge in [-0.25, -0.2) is 12.6 Å². The molecule has 0 spiro atoms. The molecule has 6 rings (SSSR count). The van der Waals surface area contributed by atoms with Gasteiger partial charge in [-0.05, 0) is 65.9 Å². The second-order valence-corrected chi connectivity index (χ2v) is 15.9. The number of anilines is 1. The number of pyridine rings is 1. The monoisotopic (exact) mass is 705 g/mol. The number of piperidine rings is 1. The van der Waals surface area contributed by atoms with E-state index in [4.69, 9.17) is 20.5 Å². The van der Waals surface area contributed by atoms with Crippen molar-refractivity contribution in [1.29, 1.82) is 0 Å². The van der Waals surface area contributed by atoms with E-state index < -0.39 is 50.8 Å². The lowest BCUT2D eigenvalue weighted by atomic mass is 9.94. The van der Waals surface area contributed by atoms with Crippen molar-refractivity contribution in [1.82, 2.24) is 19.1 Å². The van der Waals surface area contributed by atoms with E-state index in [1.165, 1.54) is 17.0 Å². The molecule has 0 radical (unpaired) electrons. The van der Waals surface area contributed by atoms with E-state index in [2.05, 4.69) is 9.88 Å². The van der Waals surface area contributed by atoms with Gasteiger partial charge in [0.15, 0.2) is 0 Å². The summed E-state index contributed by atoms with van der Waals surface area (Å²) < 4.78 is 64.8. The molecule has 2 aromatic carbocycles. The van der Waals surface area contributed by atoms with Gasteiger partial charge in [0.1, 0.15) is 6.04 Å². The molecule has 47 heavy (non-hydrogen) atoms. The smallest absolute Gasteiger partial charge is 0.270 e. The van der Waals surface area contributed by atoms with Crippen LogP contribution in [0.2, 0.25) is 5.02 Å². The van der Waals surface area contributed by atoms with E-state index in [0.29, 0.717) is 59.2 Å². The molecule has 3 aliphatic heterocycles. The molecule has 4 heterocycles. The third-order valence-corrected chi connectivity index (χ3v) is 11.4. The Morgan fingerprint density at radius 2 is 1.62 bits per heavy atom. The molecule has 3 aromatic rings. The van der Waals surface area contributed by atoms with Gasteiger partial charge in [0.05, 0.1) is 24.4 Å². The summed E-state index contributed by atoms with van der Waals surface area (Å²) in [6.07, 6.45) is 3.59. The fourth-order valence-electron chi connectivity index (χ4n) is 6.38. The lowest BCUT2D eigenvalue weighted by Crippen LogP contribution is -2.68. The van der Waals surface area contributed by atoms with Gasteiger partial charge in [0, 0.05) is 62.4 Å². The summed E-state index contributed by atoms with van der Waals surface area (Å²) in [4.78, 5) is 37.4. The van der Waals surface area contributed by atoms with E-state index in [1.54, 1.807) is 41.6 Å². The average molecular weight is 706 g/mol. The van der Waals surface area contributed by atoms with Crippen molar-refractivity contribution in [2.24, 2.45) is 5.92 Å². The maximum atomic E-state index is 14.3. The third kappa shape index (κ3) is 7.39. The largest absolute Gasteiger partial charge is 0.378 e. The van der Waals surface area contributed by atoms with Gasteiger partial charge < -0.3 is 19.4 Å². The van der Waals surface area contributed by atoms with Crippen molar-refractivity contribution in [2.75, 3.05) is 63.6 Å². The van der Waals surface area contributed by atoms with Crippen molar-refractivity contribution < 1.29 is 35.3 Å². The summed E-state index contributed by atoms with van der Waals surface area (Å²) in [6, 6.07) is 12.0. The molecule has 2 amide bonds. The minimum absolute atomic E-state index is 0.0219. The van der Waals surface area contributed by atoms with Crippen LogP contribution < -0.4 is 4.90 Å². The van der Waals surface area contributed by atoms with Crippen molar-refractivity contribution >= 4 is 60.0 Å². The Balaban J connectivity index is 1.33. The summed E-state index contributed by atoms with van der Waals surface area (Å²) in [5, 5.41) is 1.74. The van der Waals surface area contributed by atoms with Crippen LogP contribution in [0.1, 0.15) is 12.8 Å². The molecule has 0 aliphatic carbocycles. The first-order valence-electron chi connectivity index (χ1n) is 15.3. The fourth-order valence-corrected chi connectivity index (χ4v) is 8.64. The molecule has 0 saturated carbocycles. The number of rotatable bonds is 8.